The maximum atomic E-state index is 8.94. The smallest absolute Gasteiger partial charge is 0.0681 e. The second kappa shape index (κ2) is 5.99. The first-order valence-electron chi connectivity index (χ1n) is 6.01. The van der Waals surface area contributed by atoms with E-state index in [0.717, 1.165) is 25.2 Å². The molecule has 3 heteroatoms. The molecule has 88 valence electrons. The largest absolute Gasteiger partial charge is 0.392 e. The molecule has 1 aliphatic rings. The third-order valence-corrected chi connectivity index (χ3v) is 3.14. The number of aliphatic hydroxyl groups excluding tert-OH is 1. The average molecular weight is 220 g/mol. The lowest BCUT2D eigenvalue weighted by Crippen LogP contribution is -2.39. The van der Waals surface area contributed by atoms with Crippen LogP contribution in [0.4, 0.5) is 0 Å². The monoisotopic (exact) mass is 220 g/mol. The molecule has 2 rings (SSSR count). The SMILES string of the molecule is OCc1ccc(CNC2CCNCC2)cc1. The van der Waals surface area contributed by atoms with Crippen molar-refractivity contribution in [3.05, 3.63) is 35.4 Å². The summed E-state index contributed by atoms with van der Waals surface area (Å²) in [4.78, 5) is 0. The van der Waals surface area contributed by atoms with Gasteiger partial charge < -0.3 is 15.7 Å². The van der Waals surface area contributed by atoms with Gasteiger partial charge in [-0.3, -0.25) is 0 Å². The summed E-state index contributed by atoms with van der Waals surface area (Å²) in [6, 6.07) is 8.79. The zero-order valence-corrected chi connectivity index (χ0v) is 9.58. The molecule has 1 aromatic carbocycles. The maximum absolute atomic E-state index is 8.94. The van der Waals surface area contributed by atoms with Crippen LogP contribution in [0, 0.1) is 0 Å². The Bertz CT molecular complexity index is 304. The highest BCUT2D eigenvalue weighted by Crippen LogP contribution is 2.07. The minimum Gasteiger partial charge on any atom is -0.392 e. The lowest BCUT2D eigenvalue weighted by Gasteiger charge is -2.23. The van der Waals surface area contributed by atoms with E-state index in [0.29, 0.717) is 6.04 Å². The van der Waals surface area contributed by atoms with E-state index >= 15 is 0 Å². The summed E-state index contributed by atoms with van der Waals surface area (Å²) in [6.07, 6.45) is 2.43. The van der Waals surface area contributed by atoms with Crippen LogP contribution in [0.25, 0.3) is 0 Å². The third-order valence-electron chi connectivity index (χ3n) is 3.14. The standard InChI is InChI=1S/C13H20N2O/c16-10-12-3-1-11(2-4-12)9-15-13-5-7-14-8-6-13/h1-4,13-16H,5-10H2. The number of benzene rings is 1. The molecule has 16 heavy (non-hydrogen) atoms. The zero-order valence-electron chi connectivity index (χ0n) is 9.58. The molecule has 1 heterocycles. The fourth-order valence-electron chi connectivity index (χ4n) is 2.05. The summed E-state index contributed by atoms with van der Waals surface area (Å²) < 4.78 is 0. The van der Waals surface area contributed by atoms with Gasteiger partial charge in [-0.05, 0) is 37.1 Å². The van der Waals surface area contributed by atoms with Crippen molar-refractivity contribution in [1.29, 1.82) is 0 Å². The molecule has 0 aliphatic carbocycles. The Labute approximate surface area is 96.9 Å². The highest BCUT2D eigenvalue weighted by Gasteiger charge is 2.11. The number of hydrogen-bond donors (Lipinski definition) is 3. The van der Waals surface area contributed by atoms with Gasteiger partial charge in [0.2, 0.25) is 0 Å². The molecule has 3 nitrogen and oxygen atoms in total. The van der Waals surface area contributed by atoms with Crippen molar-refractivity contribution in [2.75, 3.05) is 13.1 Å². The molecule has 1 saturated heterocycles. The molecular formula is C13H20N2O. The van der Waals surface area contributed by atoms with Crippen LogP contribution in [0.15, 0.2) is 24.3 Å². The van der Waals surface area contributed by atoms with Crippen LogP contribution in [0.2, 0.25) is 0 Å². The summed E-state index contributed by atoms with van der Waals surface area (Å²) in [6.45, 7) is 3.31. The highest BCUT2D eigenvalue weighted by atomic mass is 16.3. The summed E-state index contributed by atoms with van der Waals surface area (Å²) in [5.74, 6) is 0. The lowest BCUT2D eigenvalue weighted by atomic mass is 10.1. The summed E-state index contributed by atoms with van der Waals surface area (Å²) in [5, 5.41) is 15.9. The normalized spacial score (nSPS) is 17.6. The van der Waals surface area contributed by atoms with Gasteiger partial charge in [-0.1, -0.05) is 24.3 Å². The van der Waals surface area contributed by atoms with Crippen molar-refractivity contribution in [3.8, 4) is 0 Å². The zero-order chi connectivity index (χ0) is 11.2. The van der Waals surface area contributed by atoms with E-state index in [1.165, 1.54) is 18.4 Å². The number of nitrogens with one attached hydrogen (secondary N) is 2. The van der Waals surface area contributed by atoms with Gasteiger partial charge in [-0.25, -0.2) is 0 Å². The molecule has 1 aliphatic heterocycles. The maximum Gasteiger partial charge on any atom is 0.0681 e. The minimum atomic E-state index is 0.127. The van der Waals surface area contributed by atoms with Gasteiger partial charge in [0.25, 0.3) is 0 Å². The second-order valence-electron chi connectivity index (χ2n) is 4.38. The first kappa shape index (κ1) is 11.6. The van der Waals surface area contributed by atoms with E-state index in [1.807, 2.05) is 12.1 Å². The van der Waals surface area contributed by atoms with Gasteiger partial charge in [-0.15, -0.1) is 0 Å². The van der Waals surface area contributed by atoms with Gasteiger partial charge >= 0.3 is 0 Å². The molecule has 0 unspecified atom stereocenters. The Balaban J connectivity index is 1.79. The Hall–Kier alpha value is -0.900. The highest BCUT2D eigenvalue weighted by molar-refractivity contribution is 5.21. The topological polar surface area (TPSA) is 44.3 Å². The molecule has 0 bridgehead atoms. The van der Waals surface area contributed by atoms with E-state index in [-0.39, 0.29) is 6.61 Å². The summed E-state index contributed by atoms with van der Waals surface area (Å²) in [7, 11) is 0. The predicted octanol–water partition coefficient (Wildman–Crippen LogP) is 1.02. The van der Waals surface area contributed by atoms with Gasteiger partial charge in [0.05, 0.1) is 6.61 Å². The molecule has 1 aromatic rings. The van der Waals surface area contributed by atoms with Crippen molar-refractivity contribution < 1.29 is 5.11 Å². The first-order chi connectivity index (χ1) is 7.88. The van der Waals surface area contributed by atoms with Gasteiger partial charge in [0.15, 0.2) is 0 Å². The van der Waals surface area contributed by atoms with Crippen LogP contribution in [-0.2, 0) is 13.2 Å². The van der Waals surface area contributed by atoms with Crippen LogP contribution >= 0.6 is 0 Å². The lowest BCUT2D eigenvalue weighted by molar-refractivity contribution is 0.282. The van der Waals surface area contributed by atoms with E-state index in [1.54, 1.807) is 0 Å². The van der Waals surface area contributed by atoms with Crippen LogP contribution in [0.3, 0.4) is 0 Å². The molecule has 0 atom stereocenters. The van der Waals surface area contributed by atoms with E-state index in [4.69, 9.17) is 5.11 Å². The predicted molar refractivity (Wildman–Crippen MR) is 65.1 cm³/mol. The van der Waals surface area contributed by atoms with Gasteiger partial charge in [0, 0.05) is 12.6 Å². The molecule has 0 aromatic heterocycles. The second-order valence-corrected chi connectivity index (χ2v) is 4.38. The number of hydrogen-bond acceptors (Lipinski definition) is 3. The Kier molecular flexibility index (Phi) is 4.34. The van der Waals surface area contributed by atoms with E-state index < -0.39 is 0 Å². The molecule has 0 saturated carbocycles. The first-order valence-corrected chi connectivity index (χ1v) is 6.01. The Morgan fingerprint density at radius 2 is 1.75 bits per heavy atom. The van der Waals surface area contributed by atoms with Crippen LogP contribution in [0.5, 0.6) is 0 Å². The van der Waals surface area contributed by atoms with Crippen molar-refractivity contribution in [1.82, 2.24) is 10.6 Å². The molecule has 0 amide bonds. The molecule has 1 fully saturated rings. The van der Waals surface area contributed by atoms with Crippen LogP contribution in [-0.4, -0.2) is 24.2 Å². The Morgan fingerprint density at radius 3 is 2.38 bits per heavy atom. The fraction of sp³-hybridized carbons (Fsp3) is 0.538. The molecule has 0 spiro atoms. The van der Waals surface area contributed by atoms with Gasteiger partial charge in [0.1, 0.15) is 0 Å². The minimum absolute atomic E-state index is 0.127. The van der Waals surface area contributed by atoms with E-state index in [2.05, 4.69) is 22.8 Å². The van der Waals surface area contributed by atoms with E-state index in [9.17, 15) is 0 Å². The average Bonchev–Trinajstić information content (AvgIpc) is 2.38. The van der Waals surface area contributed by atoms with Crippen molar-refractivity contribution in [2.45, 2.75) is 32.0 Å². The molecular weight excluding hydrogens is 200 g/mol. The van der Waals surface area contributed by atoms with Crippen molar-refractivity contribution >= 4 is 0 Å². The summed E-state index contributed by atoms with van der Waals surface area (Å²) >= 11 is 0. The molecule has 0 radical (unpaired) electrons. The van der Waals surface area contributed by atoms with Crippen molar-refractivity contribution in [2.24, 2.45) is 0 Å². The fourth-order valence-corrected chi connectivity index (χ4v) is 2.05. The summed E-state index contributed by atoms with van der Waals surface area (Å²) in [5.41, 5.74) is 2.27. The Morgan fingerprint density at radius 1 is 1.12 bits per heavy atom. The van der Waals surface area contributed by atoms with Crippen molar-refractivity contribution in [3.63, 3.8) is 0 Å². The quantitative estimate of drug-likeness (QED) is 0.710. The number of rotatable bonds is 4. The van der Waals surface area contributed by atoms with Gasteiger partial charge in [-0.2, -0.15) is 0 Å². The van der Waals surface area contributed by atoms with Crippen LogP contribution < -0.4 is 10.6 Å². The number of aliphatic hydroxyl groups is 1. The number of piperidine rings is 1. The van der Waals surface area contributed by atoms with Crippen LogP contribution in [0.1, 0.15) is 24.0 Å². The molecule has 3 N–H and O–H groups in total. The third kappa shape index (κ3) is 3.30.